The summed E-state index contributed by atoms with van der Waals surface area (Å²) in [6.07, 6.45) is 4.32. The Morgan fingerprint density at radius 2 is 1.78 bits per heavy atom. The second-order valence-corrected chi connectivity index (χ2v) is 8.37. The van der Waals surface area contributed by atoms with Gasteiger partial charge in [0.1, 0.15) is 10.7 Å². The number of benzene rings is 2. The molecule has 0 unspecified atom stereocenters. The Morgan fingerprint density at radius 1 is 1.03 bits per heavy atom. The van der Waals surface area contributed by atoms with E-state index >= 15 is 0 Å². The molecule has 0 saturated carbocycles. The number of nitrogens with zero attached hydrogens (tertiary/aromatic N) is 3. The lowest BCUT2D eigenvalue weighted by Gasteiger charge is -2.33. The quantitative estimate of drug-likeness (QED) is 0.538. The molecule has 0 bridgehead atoms. The molecule has 0 atom stereocenters. The zero-order valence-electron chi connectivity index (χ0n) is 18.4. The molecule has 1 aromatic heterocycles. The van der Waals surface area contributed by atoms with Gasteiger partial charge >= 0.3 is 0 Å². The predicted octanol–water partition coefficient (Wildman–Crippen LogP) is 4.30. The summed E-state index contributed by atoms with van der Waals surface area (Å²) in [6.45, 7) is 4.02. The van der Waals surface area contributed by atoms with Crippen LogP contribution in [0.2, 0.25) is 0 Å². The molecule has 1 saturated heterocycles. The van der Waals surface area contributed by atoms with Gasteiger partial charge in [0.05, 0.1) is 14.2 Å². The van der Waals surface area contributed by atoms with Gasteiger partial charge in [0.2, 0.25) is 0 Å². The highest BCUT2D eigenvalue weighted by Gasteiger charge is 2.23. The Kier molecular flexibility index (Phi) is 7.19. The number of methoxy groups -OCH3 is 2. The number of hydrogen-bond acceptors (Lipinski definition) is 6. The zero-order valence-corrected chi connectivity index (χ0v) is 19.2. The van der Waals surface area contributed by atoms with Crippen LogP contribution >= 0.6 is 11.3 Å². The first-order valence-electron chi connectivity index (χ1n) is 10.6. The number of carbonyl (C=O) groups is 1. The predicted molar refractivity (Wildman–Crippen MR) is 128 cm³/mol. The number of aromatic nitrogens is 1. The normalized spacial score (nSPS) is 14.6. The number of amides is 1. The summed E-state index contributed by atoms with van der Waals surface area (Å²) >= 11 is 1.46. The van der Waals surface area contributed by atoms with Crippen molar-refractivity contribution in [3.63, 3.8) is 0 Å². The van der Waals surface area contributed by atoms with Gasteiger partial charge in [0.15, 0.2) is 11.5 Å². The lowest BCUT2D eigenvalue weighted by Crippen LogP contribution is -2.48. The van der Waals surface area contributed by atoms with Crippen molar-refractivity contribution in [2.24, 2.45) is 0 Å². The van der Waals surface area contributed by atoms with Crippen molar-refractivity contribution in [2.45, 2.75) is 0 Å². The number of rotatable bonds is 7. The number of hydrogen-bond donors (Lipinski definition) is 0. The van der Waals surface area contributed by atoms with Gasteiger partial charge in [-0.2, -0.15) is 0 Å². The first-order chi connectivity index (χ1) is 15.7. The Balaban J connectivity index is 1.33. The maximum atomic E-state index is 13.0. The smallest absolute Gasteiger partial charge is 0.273 e. The van der Waals surface area contributed by atoms with Crippen molar-refractivity contribution >= 4 is 23.3 Å². The lowest BCUT2D eigenvalue weighted by atomic mass is 10.2. The molecule has 166 valence electrons. The Labute approximate surface area is 192 Å². The van der Waals surface area contributed by atoms with Crippen LogP contribution in [0.15, 0.2) is 60.0 Å². The first kappa shape index (κ1) is 22.0. The third-order valence-corrected chi connectivity index (χ3v) is 6.38. The van der Waals surface area contributed by atoms with Gasteiger partial charge in [0.25, 0.3) is 5.91 Å². The molecule has 4 rings (SSSR count). The van der Waals surface area contributed by atoms with Crippen LogP contribution in [0.1, 0.15) is 16.1 Å². The second-order valence-electron chi connectivity index (χ2n) is 7.51. The van der Waals surface area contributed by atoms with Gasteiger partial charge in [-0.15, -0.1) is 11.3 Å². The standard InChI is InChI=1S/C25H27N3O3S/c1-30-22-11-10-20(17-23(22)31-2)24-26-21(18-32-24)25(29)28-15-13-27(14-16-28)12-6-9-19-7-4-3-5-8-19/h3-11,17-18H,12-16H2,1-2H3/b9-6+. The highest BCUT2D eigenvalue weighted by Crippen LogP contribution is 2.33. The minimum atomic E-state index is -0.00699. The molecular weight excluding hydrogens is 422 g/mol. The fraction of sp³-hybridized carbons (Fsp3) is 0.280. The molecular formula is C25H27N3O3S. The SMILES string of the molecule is COc1ccc(-c2nc(C(=O)N3CCN(C/C=C/c4ccccc4)CC3)cs2)cc1OC. The summed E-state index contributed by atoms with van der Waals surface area (Å²) in [7, 11) is 3.21. The fourth-order valence-corrected chi connectivity index (χ4v) is 4.46. The van der Waals surface area contributed by atoms with E-state index in [9.17, 15) is 4.79 Å². The van der Waals surface area contributed by atoms with Crippen molar-refractivity contribution in [3.05, 3.63) is 71.2 Å². The topological polar surface area (TPSA) is 54.9 Å². The minimum absolute atomic E-state index is 0.00699. The van der Waals surface area contributed by atoms with Gasteiger partial charge in [-0.1, -0.05) is 42.5 Å². The van der Waals surface area contributed by atoms with E-state index in [0.717, 1.165) is 30.2 Å². The molecule has 0 N–H and O–H groups in total. The molecule has 0 radical (unpaired) electrons. The molecule has 1 fully saturated rings. The molecule has 32 heavy (non-hydrogen) atoms. The van der Waals surface area contributed by atoms with Crippen LogP contribution in [-0.4, -0.2) is 67.6 Å². The van der Waals surface area contributed by atoms with Gasteiger partial charge in [-0.05, 0) is 23.8 Å². The number of thiazole rings is 1. The van der Waals surface area contributed by atoms with Crippen LogP contribution < -0.4 is 9.47 Å². The van der Waals surface area contributed by atoms with Crippen LogP contribution in [0.5, 0.6) is 11.5 Å². The van der Waals surface area contributed by atoms with E-state index in [2.05, 4.69) is 34.2 Å². The third kappa shape index (κ3) is 5.18. The largest absolute Gasteiger partial charge is 0.493 e. The minimum Gasteiger partial charge on any atom is -0.493 e. The van der Waals surface area contributed by atoms with E-state index in [1.165, 1.54) is 16.9 Å². The van der Waals surface area contributed by atoms with E-state index in [0.29, 0.717) is 30.3 Å². The molecule has 0 spiro atoms. The molecule has 1 amide bonds. The number of ether oxygens (including phenoxy) is 2. The molecule has 1 aliphatic heterocycles. The molecule has 3 aromatic rings. The zero-order chi connectivity index (χ0) is 22.3. The van der Waals surface area contributed by atoms with Crippen molar-refractivity contribution in [3.8, 4) is 22.1 Å². The Bertz CT molecular complexity index is 1070. The summed E-state index contributed by atoms with van der Waals surface area (Å²) in [5.41, 5.74) is 2.61. The molecule has 2 heterocycles. The average molecular weight is 450 g/mol. The maximum absolute atomic E-state index is 13.0. The van der Waals surface area contributed by atoms with Crippen LogP contribution in [0.3, 0.4) is 0 Å². The van der Waals surface area contributed by atoms with E-state index < -0.39 is 0 Å². The molecule has 7 heteroatoms. The summed E-state index contributed by atoms with van der Waals surface area (Å²) in [4.78, 5) is 21.8. The summed E-state index contributed by atoms with van der Waals surface area (Å²) in [5.74, 6) is 1.30. The second kappa shape index (κ2) is 10.4. The molecule has 2 aromatic carbocycles. The van der Waals surface area contributed by atoms with Crippen molar-refractivity contribution in [1.82, 2.24) is 14.8 Å². The van der Waals surface area contributed by atoms with Gasteiger partial charge < -0.3 is 14.4 Å². The van der Waals surface area contributed by atoms with Crippen LogP contribution in [0.25, 0.3) is 16.6 Å². The highest BCUT2D eigenvalue weighted by atomic mass is 32.1. The fourth-order valence-electron chi connectivity index (χ4n) is 3.67. The molecule has 1 aliphatic rings. The van der Waals surface area contributed by atoms with Gasteiger partial charge in [0, 0.05) is 43.7 Å². The van der Waals surface area contributed by atoms with E-state index in [4.69, 9.17) is 9.47 Å². The van der Waals surface area contributed by atoms with Crippen LogP contribution in [-0.2, 0) is 0 Å². The van der Waals surface area contributed by atoms with Crippen LogP contribution in [0, 0.1) is 0 Å². The third-order valence-electron chi connectivity index (χ3n) is 5.49. The molecule has 6 nitrogen and oxygen atoms in total. The monoisotopic (exact) mass is 449 g/mol. The average Bonchev–Trinajstić information content (AvgIpc) is 3.34. The summed E-state index contributed by atoms with van der Waals surface area (Å²) in [5, 5.41) is 2.63. The van der Waals surface area contributed by atoms with Crippen molar-refractivity contribution < 1.29 is 14.3 Å². The van der Waals surface area contributed by atoms with E-state index in [1.807, 2.05) is 46.7 Å². The van der Waals surface area contributed by atoms with Crippen LogP contribution in [0.4, 0.5) is 0 Å². The van der Waals surface area contributed by atoms with E-state index in [-0.39, 0.29) is 5.91 Å². The highest BCUT2D eigenvalue weighted by molar-refractivity contribution is 7.13. The van der Waals surface area contributed by atoms with Crippen molar-refractivity contribution in [1.29, 1.82) is 0 Å². The summed E-state index contributed by atoms with van der Waals surface area (Å²) < 4.78 is 10.7. The number of carbonyl (C=O) groups excluding carboxylic acids is 1. The Hall–Kier alpha value is -3.16. The number of piperazine rings is 1. The maximum Gasteiger partial charge on any atom is 0.273 e. The van der Waals surface area contributed by atoms with E-state index in [1.54, 1.807) is 14.2 Å². The van der Waals surface area contributed by atoms with Gasteiger partial charge in [-0.3, -0.25) is 9.69 Å². The van der Waals surface area contributed by atoms with Gasteiger partial charge in [-0.25, -0.2) is 4.98 Å². The van der Waals surface area contributed by atoms with Crippen molar-refractivity contribution in [2.75, 3.05) is 46.9 Å². The lowest BCUT2D eigenvalue weighted by molar-refractivity contribution is 0.0645. The molecule has 0 aliphatic carbocycles. The Morgan fingerprint density at radius 3 is 2.50 bits per heavy atom. The summed E-state index contributed by atoms with van der Waals surface area (Å²) in [6, 6.07) is 16.0. The first-order valence-corrected chi connectivity index (χ1v) is 11.5.